The molecule has 3 nitrogen and oxygen atoms in total. The molecular weight excluding hydrogens is 248 g/mol. The predicted molar refractivity (Wildman–Crippen MR) is 78.1 cm³/mol. The summed E-state index contributed by atoms with van der Waals surface area (Å²) in [6.07, 6.45) is 2.95. The Hall–Kier alpha value is -1.37. The highest BCUT2D eigenvalue weighted by Crippen LogP contribution is 2.50. The number of rotatable bonds is 2. The maximum Gasteiger partial charge on any atom is 0.0944 e. The second-order valence-electron chi connectivity index (χ2n) is 6.30. The molecule has 3 rings (SSSR count). The number of aliphatic hydroxyl groups is 1. The summed E-state index contributed by atoms with van der Waals surface area (Å²) < 4.78 is 0. The maximum absolute atomic E-state index is 11.4. The molecule has 2 aliphatic rings. The highest BCUT2D eigenvalue weighted by Gasteiger charge is 2.57. The zero-order valence-electron chi connectivity index (χ0n) is 12.0. The normalized spacial score (nSPS) is 31.6. The van der Waals surface area contributed by atoms with Gasteiger partial charge in [0.15, 0.2) is 0 Å². The molecule has 1 aromatic carbocycles. The van der Waals surface area contributed by atoms with Gasteiger partial charge in [-0.1, -0.05) is 31.2 Å². The summed E-state index contributed by atoms with van der Waals surface area (Å²) in [6.45, 7) is 3.72. The quantitative estimate of drug-likeness (QED) is 0.864. The van der Waals surface area contributed by atoms with Gasteiger partial charge >= 0.3 is 0 Å². The van der Waals surface area contributed by atoms with Crippen LogP contribution in [0.4, 0.5) is 0 Å². The van der Waals surface area contributed by atoms with Gasteiger partial charge in [-0.3, -0.25) is 0 Å². The molecule has 1 aliphatic heterocycles. The number of hydrogen-bond acceptors (Lipinski definition) is 3. The summed E-state index contributed by atoms with van der Waals surface area (Å²) in [7, 11) is 0. The minimum atomic E-state index is -0.874. The van der Waals surface area contributed by atoms with Gasteiger partial charge in [0.1, 0.15) is 0 Å². The van der Waals surface area contributed by atoms with Crippen LogP contribution in [0.25, 0.3) is 0 Å². The van der Waals surface area contributed by atoms with Crippen LogP contribution in [0.5, 0.6) is 0 Å². The molecule has 0 aromatic heterocycles. The van der Waals surface area contributed by atoms with Crippen LogP contribution in [0.3, 0.4) is 0 Å². The highest BCUT2D eigenvalue weighted by atomic mass is 16.3. The molecule has 1 aromatic rings. The second kappa shape index (κ2) is 4.87. The Morgan fingerprint density at radius 2 is 2.00 bits per heavy atom. The van der Waals surface area contributed by atoms with Crippen molar-refractivity contribution in [2.75, 3.05) is 13.1 Å². The molecule has 3 heteroatoms. The van der Waals surface area contributed by atoms with Gasteiger partial charge in [0, 0.05) is 12.5 Å². The van der Waals surface area contributed by atoms with Crippen molar-refractivity contribution in [2.24, 2.45) is 11.3 Å². The van der Waals surface area contributed by atoms with E-state index in [2.05, 4.69) is 30.4 Å². The van der Waals surface area contributed by atoms with Crippen LogP contribution >= 0.6 is 0 Å². The predicted octanol–water partition coefficient (Wildman–Crippen LogP) is 2.05. The lowest BCUT2D eigenvalue weighted by Crippen LogP contribution is -2.60. The number of nitriles is 1. The van der Waals surface area contributed by atoms with Crippen LogP contribution in [0, 0.1) is 22.7 Å². The van der Waals surface area contributed by atoms with Crippen LogP contribution in [-0.2, 0) is 12.8 Å². The smallest absolute Gasteiger partial charge is 0.0944 e. The van der Waals surface area contributed by atoms with Crippen molar-refractivity contribution in [3.63, 3.8) is 0 Å². The molecule has 1 saturated heterocycles. The van der Waals surface area contributed by atoms with Gasteiger partial charge in [0.2, 0.25) is 0 Å². The highest BCUT2D eigenvalue weighted by molar-refractivity contribution is 5.39. The van der Waals surface area contributed by atoms with Gasteiger partial charge in [-0.25, -0.2) is 0 Å². The monoisotopic (exact) mass is 270 g/mol. The van der Waals surface area contributed by atoms with Crippen LogP contribution in [0.1, 0.15) is 30.9 Å². The number of fused-ring (bicyclic) bond motifs is 1. The summed E-state index contributed by atoms with van der Waals surface area (Å²) >= 11 is 0. The number of hydrogen-bond donors (Lipinski definition) is 2. The Labute approximate surface area is 120 Å². The third kappa shape index (κ3) is 1.79. The molecule has 20 heavy (non-hydrogen) atoms. The van der Waals surface area contributed by atoms with Crippen molar-refractivity contribution >= 4 is 0 Å². The zero-order valence-corrected chi connectivity index (χ0v) is 12.0. The second-order valence-corrected chi connectivity index (χ2v) is 6.30. The standard InChI is InChI=1S/C17H22N2O/c1-2-15-11-19-8-7-17(15,20)16(12-18)9-13-5-3-4-6-14(13)10-16/h3-6,15,19-20H,2,7-11H2,1H3. The van der Waals surface area contributed by atoms with Crippen molar-refractivity contribution in [1.82, 2.24) is 5.32 Å². The fourth-order valence-corrected chi connectivity index (χ4v) is 4.14. The molecule has 1 fully saturated rings. The Morgan fingerprint density at radius 3 is 2.55 bits per heavy atom. The third-order valence-corrected chi connectivity index (χ3v) is 5.39. The van der Waals surface area contributed by atoms with Crippen LogP contribution in [0.2, 0.25) is 0 Å². The average Bonchev–Trinajstić information content (AvgIpc) is 2.88. The van der Waals surface area contributed by atoms with Crippen LogP contribution in [-0.4, -0.2) is 23.8 Å². The van der Waals surface area contributed by atoms with E-state index >= 15 is 0 Å². The van der Waals surface area contributed by atoms with E-state index in [0.29, 0.717) is 19.3 Å². The zero-order chi connectivity index (χ0) is 14.2. The molecule has 106 valence electrons. The molecule has 2 N–H and O–H groups in total. The molecular formula is C17H22N2O. The lowest BCUT2D eigenvalue weighted by atomic mass is 9.61. The van der Waals surface area contributed by atoms with E-state index < -0.39 is 11.0 Å². The lowest BCUT2D eigenvalue weighted by Gasteiger charge is -2.48. The first kappa shape index (κ1) is 13.6. The fourth-order valence-electron chi connectivity index (χ4n) is 4.14. The molecule has 0 spiro atoms. The minimum Gasteiger partial charge on any atom is -0.388 e. The van der Waals surface area contributed by atoms with Gasteiger partial charge in [0.05, 0.1) is 17.1 Å². The van der Waals surface area contributed by atoms with E-state index in [1.165, 1.54) is 11.1 Å². The summed E-state index contributed by atoms with van der Waals surface area (Å²) in [5.74, 6) is 0.158. The lowest BCUT2D eigenvalue weighted by molar-refractivity contribution is -0.116. The average molecular weight is 270 g/mol. The number of benzene rings is 1. The first-order valence-corrected chi connectivity index (χ1v) is 7.56. The Bertz CT molecular complexity index is 523. The first-order valence-electron chi connectivity index (χ1n) is 7.56. The molecule has 0 radical (unpaired) electrons. The maximum atomic E-state index is 11.4. The first-order chi connectivity index (χ1) is 9.65. The molecule has 1 heterocycles. The van der Waals surface area contributed by atoms with E-state index in [9.17, 15) is 10.4 Å². The summed E-state index contributed by atoms with van der Waals surface area (Å²) in [6, 6.07) is 10.8. The number of nitrogens with zero attached hydrogens (tertiary/aromatic N) is 1. The van der Waals surface area contributed by atoms with E-state index in [0.717, 1.165) is 19.5 Å². The van der Waals surface area contributed by atoms with Gasteiger partial charge in [-0.15, -0.1) is 0 Å². The van der Waals surface area contributed by atoms with Crippen LogP contribution < -0.4 is 5.32 Å². The van der Waals surface area contributed by atoms with Gasteiger partial charge in [-0.2, -0.15) is 5.26 Å². The SMILES string of the molecule is CCC1CNCCC1(O)C1(C#N)Cc2ccccc2C1. The van der Waals surface area contributed by atoms with E-state index in [4.69, 9.17) is 0 Å². The molecule has 2 unspecified atom stereocenters. The fraction of sp³-hybridized carbons (Fsp3) is 0.588. The largest absolute Gasteiger partial charge is 0.388 e. The Morgan fingerprint density at radius 1 is 1.35 bits per heavy atom. The van der Waals surface area contributed by atoms with Gasteiger partial charge in [0.25, 0.3) is 0 Å². The third-order valence-electron chi connectivity index (χ3n) is 5.39. The van der Waals surface area contributed by atoms with Crippen LogP contribution in [0.15, 0.2) is 24.3 Å². The topological polar surface area (TPSA) is 56.0 Å². The summed E-state index contributed by atoms with van der Waals surface area (Å²) in [4.78, 5) is 0. The van der Waals surface area contributed by atoms with E-state index in [1.807, 2.05) is 12.1 Å². The van der Waals surface area contributed by atoms with Crippen molar-refractivity contribution in [1.29, 1.82) is 5.26 Å². The number of nitrogens with one attached hydrogen (secondary N) is 1. The Balaban J connectivity index is 2.01. The molecule has 0 bridgehead atoms. The van der Waals surface area contributed by atoms with Gasteiger partial charge in [-0.05, 0) is 43.4 Å². The number of piperidine rings is 1. The van der Waals surface area contributed by atoms with Gasteiger partial charge < -0.3 is 10.4 Å². The molecule has 1 aliphatic carbocycles. The summed E-state index contributed by atoms with van der Waals surface area (Å²) in [5, 5.41) is 24.6. The molecule has 2 atom stereocenters. The molecule has 0 amide bonds. The minimum absolute atomic E-state index is 0.158. The van der Waals surface area contributed by atoms with Crippen molar-refractivity contribution in [3.05, 3.63) is 35.4 Å². The van der Waals surface area contributed by atoms with E-state index in [1.54, 1.807) is 0 Å². The van der Waals surface area contributed by atoms with E-state index in [-0.39, 0.29) is 5.92 Å². The van der Waals surface area contributed by atoms with Crippen molar-refractivity contribution in [3.8, 4) is 6.07 Å². The summed E-state index contributed by atoms with van der Waals surface area (Å²) in [5.41, 5.74) is 0.937. The Kier molecular flexibility index (Phi) is 3.32. The van der Waals surface area contributed by atoms with Crippen molar-refractivity contribution < 1.29 is 5.11 Å². The molecule has 0 saturated carbocycles. The van der Waals surface area contributed by atoms with Crippen molar-refractivity contribution in [2.45, 2.75) is 38.2 Å².